The number of rotatable bonds is 3. The van der Waals surface area contributed by atoms with Crippen LogP contribution in [0.2, 0.25) is 0 Å². The molecule has 0 bridgehead atoms. The van der Waals surface area contributed by atoms with Gasteiger partial charge in [0.15, 0.2) is 0 Å². The lowest BCUT2D eigenvalue weighted by Gasteiger charge is -2.18. The summed E-state index contributed by atoms with van der Waals surface area (Å²) < 4.78 is 6.37. The molecule has 2 aromatic rings. The maximum absolute atomic E-state index is 12.0. The van der Waals surface area contributed by atoms with Gasteiger partial charge in [0.05, 0.1) is 0 Å². The summed E-state index contributed by atoms with van der Waals surface area (Å²) in [5, 5.41) is 10.3. The van der Waals surface area contributed by atoms with Crippen LogP contribution in [0.3, 0.4) is 0 Å². The SMILES string of the molecule is CN(C)c1ccc2cc(/C=C(\C#N)C(=O)OC(C)(C)C)sc2c1. The first-order valence-corrected chi connectivity index (χ1v) is 8.07. The molecule has 0 atom stereocenters. The number of anilines is 1. The van der Waals surface area contributed by atoms with Gasteiger partial charge in [-0.25, -0.2) is 4.79 Å². The Labute approximate surface area is 140 Å². The molecular formula is C18H20N2O2S. The molecule has 0 saturated carbocycles. The normalized spacial score (nSPS) is 12.1. The zero-order valence-corrected chi connectivity index (χ0v) is 14.8. The molecule has 0 amide bonds. The number of carbonyl (C=O) groups is 1. The maximum Gasteiger partial charge on any atom is 0.349 e. The minimum Gasteiger partial charge on any atom is -0.456 e. The fourth-order valence-electron chi connectivity index (χ4n) is 2.00. The molecule has 2 rings (SSSR count). The van der Waals surface area contributed by atoms with Gasteiger partial charge >= 0.3 is 5.97 Å². The van der Waals surface area contributed by atoms with Crippen LogP contribution >= 0.6 is 11.3 Å². The van der Waals surface area contributed by atoms with E-state index in [2.05, 4.69) is 6.07 Å². The van der Waals surface area contributed by atoms with Gasteiger partial charge in [0.2, 0.25) is 0 Å². The van der Waals surface area contributed by atoms with Crippen molar-refractivity contribution in [3.63, 3.8) is 0 Å². The Morgan fingerprint density at radius 2 is 2.00 bits per heavy atom. The number of hydrogen-bond acceptors (Lipinski definition) is 5. The lowest BCUT2D eigenvalue weighted by molar-refractivity contribution is -0.149. The van der Waals surface area contributed by atoms with Crippen molar-refractivity contribution in [2.75, 3.05) is 19.0 Å². The van der Waals surface area contributed by atoms with E-state index in [9.17, 15) is 10.1 Å². The summed E-state index contributed by atoms with van der Waals surface area (Å²) in [5.41, 5.74) is 0.509. The molecule has 0 saturated heterocycles. The Morgan fingerprint density at radius 3 is 2.57 bits per heavy atom. The largest absolute Gasteiger partial charge is 0.456 e. The summed E-state index contributed by atoms with van der Waals surface area (Å²) in [5.74, 6) is -0.591. The number of hydrogen-bond donors (Lipinski definition) is 0. The minimum atomic E-state index is -0.617. The third-order valence-electron chi connectivity index (χ3n) is 3.06. The van der Waals surface area contributed by atoms with E-state index in [0.717, 1.165) is 20.7 Å². The number of nitriles is 1. The van der Waals surface area contributed by atoms with E-state index < -0.39 is 11.6 Å². The maximum atomic E-state index is 12.0. The van der Waals surface area contributed by atoms with Gasteiger partial charge in [-0.2, -0.15) is 5.26 Å². The quantitative estimate of drug-likeness (QED) is 0.481. The Hall–Kier alpha value is -2.32. The molecule has 1 heterocycles. The Kier molecular flexibility index (Phi) is 4.76. The summed E-state index contributed by atoms with van der Waals surface area (Å²) in [7, 11) is 3.98. The molecule has 23 heavy (non-hydrogen) atoms. The van der Waals surface area contributed by atoms with Crippen LogP contribution in [0, 0.1) is 11.3 Å². The van der Waals surface area contributed by atoms with Crippen LogP contribution in [0.1, 0.15) is 25.6 Å². The molecular weight excluding hydrogens is 308 g/mol. The second-order valence-electron chi connectivity index (χ2n) is 6.44. The van der Waals surface area contributed by atoms with E-state index in [1.807, 2.05) is 43.3 Å². The Morgan fingerprint density at radius 1 is 1.30 bits per heavy atom. The van der Waals surface area contributed by atoms with Gasteiger partial charge < -0.3 is 9.64 Å². The average Bonchev–Trinajstić information content (AvgIpc) is 2.83. The topological polar surface area (TPSA) is 53.3 Å². The first kappa shape index (κ1) is 17.0. The van der Waals surface area contributed by atoms with Crippen molar-refractivity contribution in [3.8, 4) is 6.07 Å². The van der Waals surface area contributed by atoms with Gasteiger partial charge in [-0.05, 0) is 50.4 Å². The summed E-state index contributed by atoms with van der Waals surface area (Å²) >= 11 is 1.55. The van der Waals surface area contributed by atoms with E-state index in [0.29, 0.717) is 0 Å². The van der Waals surface area contributed by atoms with Gasteiger partial charge in [-0.1, -0.05) is 6.07 Å². The summed E-state index contributed by atoms with van der Waals surface area (Å²) in [6.45, 7) is 5.34. The van der Waals surface area contributed by atoms with Gasteiger partial charge in [-0.15, -0.1) is 11.3 Å². The molecule has 0 unspecified atom stereocenters. The number of esters is 1. The molecule has 0 aliphatic carbocycles. The van der Waals surface area contributed by atoms with Crippen molar-refractivity contribution in [3.05, 3.63) is 34.7 Å². The number of carbonyl (C=O) groups excluding carboxylic acids is 1. The number of thiophene rings is 1. The third kappa shape index (κ3) is 4.33. The zero-order chi connectivity index (χ0) is 17.2. The lowest BCUT2D eigenvalue weighted by Crippen LogP contribution is -2.24. The Balaban J connectivity index is 2.35. The van der Waals surface area contributed by atoms with Crippen molar-refractivity contribution in [1.82, 2.24) is 0 Å². The highest BCUT2D eigenvalue weighted by Gasteiger charge is 2.20. The molecule has 1 aromatic carbocycles. The second kappa shape index (κ2) is 6.43. The van der Waals surface area contributed by atoms with E-state index in [1.165, 1.54) is 0 Å². The first-order valence-electron chi connectivity index (χ1n) is 7.25. The van der Waals surface area contributed by atoms with Gasteiger partial charge in [0.25, 0.3) is 0 Å². The van der Waals surface area contributed by atoms with E-state index in [-0.39, 0.29) is 5.57 Å². The first-order chi connectivity index (χ1) is 10.7. The Bertz CT molecular complexity index is 805. The second-order valence-corrected chi connectivity index (χ2v) is 7.55. The van der Waals surface area contributed by atoms with Crippen molar-refractivity contribution in [2.24, 2.45) is 0 Å². The molecule has 0 aliphatic rings. The zero-order valence-electron chi connectivity index (χ0n) is 14.0. The van der Waals surface area contributed by atoms with Crippen LogP contribution in [0.25, 0.3) is 16.2 Å². The highest BCUT2D eigenvalue weighted by Crippen LogP contribution is 2.30. The fraction of sp³-hybridized carbons (Fsp3) is 0.333. The summed E-state index contributed by atoms with van der Waals surface area (Å²) in [6.07, 6.45) is 1.59. The van der Waals surface area contributed by atoms with Gasteiger partial charge in [0.1, 0.15) is 17.2 Å². The van der Waals surface area contributed by atoms with Crippen molar-refractivity contribution in [2.45, 2.75) is 26.4 Å². The smallest absolute Gasteiger partial charge is 0.349 e. The molecule has 4 nitrogen and oxygen atoms in total. The van der Waals surface area contributed by atoms with Crippen LogP contribution in [-0.2, 0) is 9.53 Å². The van der Waals surface area contributed by atoms with E-state index in [1.54, 1.807) is 38.2 Å². The molecule has 0 spiro atoms. The lowest BCUT2D eigenvalue weighted by atomic mass is 10.1. The highest BCUT2D eigenvalue weighted by atomic mass is 32.1. The predicted octanol–water partition coefficient (Wildman–Crippen LogP) is 4.22. The number of ether oxygens (including phenoxy) is 1. The molecule has 0 aliphatic heterocycles. The number of benzene rings is 1. The monoisotopic (exact) mass is 328 g/mol. The molecule has 120 valence electrons. The standard InChI is InChI=1S/C18H20N2O2S/c1-18(2,3)22-17(21)13(11-19)9-15-8-12-6-7-14(20(4)5)10-16(12)23-15/h6-10H,1-5H3/b13-9+. The van der Waals surface area contributed by atoms with Crippen molar-refractivity contribution < 1.29 is 9.53 Å². The average molecular weight is 328 g/mol. The third-order valence-corrected chi connectivity index (χ3v) is 4.11. The van der Waals surface area contributed by atoms with Crippen LogP contribution in [-0.4, -0.2) is 25.7 Å². The highest BCUT2D eigenvalue weighted by molar-refractivity contribution is 7.19. The molecule has 5 heteroatoms. The molecule has 0 fully saturated rings. The molecule has 1 aromatic heterocycles. The van der Waals surface area contributed by atoms with Gasteiger partial charge in [0, 0.05) is 29.4 Å². The van der Waals surface area contributed by atoms with Crippen molar-refractivity contribution >= 4 is 39.2 Å². The van der Waals surface area contributed by atoms with E-state index in [4.69, 9.17) is 4.74 Å². The van der Waals surface area contributed by atoms with Gasteiger partial charge in [-0.3, -0.25) is 0 Å². The molecule has 0 N–H and O–H groups in total. The van der Waals surface area contributed by atoms with Crippen LogP contribution < -0.4 is 4.90 Å². The minimum absolute atomic E-state index is 0.0133. The fourth-order valence-corrected chi connectivity index (χ4v) is 3.04. The van der Waals surface area contributed by atoms with Crippen LogP contribution in [0.15, 0.2) is 29.8 Å². The number of fused-ring (bicyclic) bond motifs is 1. The summed E-state index contributed by atoms with van der Waals surface area (Å²) in [6, 6.07) is 10.1. The van der Waals surface area contributed by atoms with Crippen LogP contribution in [0.4, 0.5) is 5.69 Å². The van der Waals surface area contributed by atoms with E-state index >= 15 is 0 Å². The van der Waals surface area contributed by atoms with Crippen LogP contribution in [0.5, 0.6) is 0 Å². The molecule has 0 radical (unpaired) electrons. The predicted molar refractivity (Wildman–Crippen MR) is 95.6 cm³/mol. The summed E-state index contributed by atoms with van der Waals surface area (Å²) in [4.78, 5) is 14.9. The number of nitrogens with zero attached hydrogens (tertiary/aromatic N) is 2. The van der Waals surface area contributed by atoms with Crippen molar-refractivity contribution in [1.29, 1.82) is 5.26 Å².